The quantitative estimate of drug-likeness (QED) is 0.166. The van der Waals surface area contributed by atoms with Crippen molar-refractivity contribution in [3.63, 3.8) is 0 Å². The predicted octanol–water partition coefficient (Wildman–Crippen LogP) is 8.94. The zero-order valence-electron chi connectivity index (χ0n) is 28.8. The van der Waals surface area contributed by atoms with E-state index in [0.717, 1.165) is 0 Å². The highest BCUT2D eigenvalue weighted by Crippen LogP contribution is 2.37. The summed E-state index contributed by atoms with van der Waals surface area (Å²) < 4.78 is 0. The fourth-order valence-electron chi connectivity index (χ4n) is 9.08. The summed E-state index contributed by atoms with van der Waals surface area (Å²) in [4.78, 5) is 0. The molecular weight excluding hydrogens is 601 g/mol. The molecule has 1 aliphatic heterocycles. The minimum atomic E-state index is -2.15. The molecule has 0 aromatic heterocycles. The molecule has 1 aliphatic rings. The first-order valence-corrected chi connectivity index (χ1v) is 36.0. The Labute approximate surface area is 263 Å². The lowest BCUT2D eigenvalue weighted by molar-refractivity contribution is 1.48. The molecule has 0 fully saturated rings. The van der Waals surface area contributed by atoms with Gasteiger partial charge >= 0.3 is 0 Å². The zero-order chi connectivity index (χ0) is 30.9. The third-order valence-corrected chi connectivity index (χ3v) is 41.6. The Balaban J connectivity index is 2.12. The molecule has 0 atom stereocenters. The third kappa shape index (κ3) is 6.13. The van der Waals surface area contributed by atoms with Gasteiger partial charge in [0, 0.05) is 32.3 Å². The Kier molecular flexibility index (Phi) is 8.15. The molecule has 0 bridgehead atoms. The van der Waals surface area contributed by atoms with Crippen LogP contribution >= 0.6 is 0 Å². The van der Waals surface area contributed by atoms with Gasteiger partial charge in [0.15, 0.2) is 0 Å². The zero-order valence-corrected chi connectivity index (χ0v) is 34.8. The van der Waals surface area contributed by atoms with Crippen LogP contribution in [-0.4, -0.2) is 48.4 Å². The van der Waals surface area contributed by atoms with Crippen LogP contribution in [-0.2, 0) is 0 Å². The maximum absolute atomic E-state index is 2.66. The maximum Gasteiger partial charge on any atom is 0.114 e. The predicted molar refractivity (Wildman–Crippen MR) is 211 cm³/mol. The molecule has 1 heterocycles. The van der Waals surface area contributed by atoms with Crippen molar-refractivity contribution in [1.29, 1.82) is 0 Å². The molecule has 0 spiro atoms. The van der Waals surface area contributed by atoms with Crippen molar-refractivity contribution < 1.29 is 0 Å². The maximum atomic E-state index is 2.66. The van der Waals surface area contributed by atoms with Crippen molar-refractivity contribution in [3.8, 4) is 0 Å². The van der Waals surface area contributed by atoms with Gasteiger partial charge in [-0.15, -0.1) is 0 Å². The Hall–Kier alpha value is -1.30. The van der Waals surface area contributed by atoms with Gasteiger partial charge in [0.05, 0.1) is 0 Å². The van der Waals surface area contributed by atoms with E-state index in [0.29, 0.717) is 0 Å². The second kappa shape index (κ2) is 10.7. The summed E-state index contributed by atoms with van der Waals surface area (Å²) in [5.74, 6) is 0. The molecular formula is C36H56Si6. The Morgan fingerprint density at radius 3 is 0.762 bits per heavy atom. The molecule has 0 N–H and O–H groups in total. The number of rotatable bonds is 8. The standard InChI is InChI=1S/C36H56Si6/c1-37(2,3)25-41(26-38(4,5)6)31-21-13-17-29-19-15-23-33(35(29)31)42(27-39(7,8)9,28-40(10,11)12)34-24-16-20-30-18-14-22-32(41)36(30)34/h13-24H,25-28H2,1-12H3. The Morgan fingerprint density at radius 2 is 0.571 bits per heavy atom. The van der Waals surface area contributed by atoms with Crippen molar-refractivity contribution in [2.45, 2.75) is 101 Å². The molecule has 6 heteroatoms. The molecule has 0 radical (unpaired) electrons. The Bertz CT molecular complexity index is 1390. The van der Waals surface area contributed by atoms with Gasteiger partial charge in [-0.1, -0.05) is 174 Å². The summed E-state index contributed by atoms with van der Waals surface area (Å²) in [5.41, 5.74) is 5.78. The van der Waals surface area contributed by atoms with Crippen molar-refractivity contribution in [1.82, 2.24) is 0 Å². The van der Waals surface area contributed by atoms with Crippen LogP contribution in [0.15, 0.2) is 72.8 Å². The van der Waals surface area contributed by atoms with Crippen LogP contribution in [0.1, 0.15) is 0 Å². The molecule has 0 saturated carbocycles. The van der Waals surface area contributed by atoms with Gasteiger partial charge in [0.25, 0.3) is 0 Å². The summed E-state index contributed by atoms with van der Waals surface area (Å²) in [6.07, 6.45) is 0. The van der Waals surface area contributed by atoms with Crippen molar-refractivity contribution in [3.05, 3.63) is 72.8 Å². The SMILES string of the molecule is C[Si](C)(C)C[Si]1(C[Si](C)(C)C)c2cccc3cccc(c23)[Si](C[Si](C)(C)C)(C[Si](C)(C)C)c2cccc3cccc1c23. The minimum absolute atomic E-state index is 1.43. The van der Waals surface area contributed by atoms with Crippen LogP contribution in [0.2, 0.25) is 101 Å². The van der Waals surface area contributed by atoms with Crippen molar-refractivity contribution in [2.24, 2.45) is 0 Å². The minimum Gasteiger partial charge on any atom is -0.0697 e. The highest BCUT2D eigenvalue weighted by atomic mass is 28.4. The lowest BCUT2D eigenvalue weighted by Gasteiger charge is -2.48. The first kappa shape index (κ1) is 32.1. The van der Waals surface area contributed by atoms with Gasteiger partial charge in [-0.05, 0) is 42.3 Å². The molecule has 4 aromatic rings. The van der Waals surface area contributed by atoms with Crippen molar-refractivity contribution in [2.75, 3.05) is 0 Å². The second-order valence-corrected chi connectivity index (χ2v) is 51.2. The molecule has 0 amide bonds. The van der Waals surface area contributed by atoms with Crippen LogP contribution in [0.25, 0.3) is 21.5 Å². The van der Waals surface area contributed by atoms with E-state index in [1.165, 1.54) is 33.4 Å². The number of benzene rings is 4. The lowest BCUT2D eigenvalue weighted by atomic mass is 10.1. The highest BCUT2D eigenvalue weighted by molar-refractivity contribution is 7.21. The summed E-state index contributed by atoms with van der Waals surface area (Å²) in [5, 5.41) is 13.7. The van der Waals surface area contributed by atoms with Gasteiger partial charge in [-0.25, -0.2) is 0 Å². The summed E-state index contributed by atoms with van der Waals surface area (Å²) in [7, 11) is -10.0. The molecule has 0 aliphatic carbocycles. The smallest absolute Gasteiger partial charge is 0.0697 e. The third-order valence-electron chi connectivity index (χ3n) is 9.20. The van der Waals surface area contributed by atoms with E-state index in [9.17, 15) is 0 Å². The van der Waals surface area contributed by atoms with E-state index in [4.69, 9.17) is 0 Å². The molecule has 0 saturated heterocycles. The van der Waals surface area contributed by atoms with Crippen LogP contribution in [0, 0.1) is 0 Å². The molecule has 224 valence electrons. The number of hydrogen-bond donors (Lipinski definition) is 0. The normalized spacial score (nSPS) is 16.9. The number of hydrogen-bond acceptors (Lipinski definition) is 0. The molecule has 42 heavy (non-hydrogen) atoms. The second-order valence-electron chi connectivity index (χ2n) is 18.5. The molecule has 0 nitrogen and oxygen atoms in total. The summed E-state index contributed by atoms with van der Waals surface area (Å²) in [6.45, 7) is 31.8. The average Bonchev–Trinajstić information content (AvgIpc) is 2.82. The monoisotopic (exact) mass is 656 g/mol. The molecule has 4 aromatic carbocycles. The lowest BCUT2D eigenvalue weighted by Crippen LogP contribution is -2.71. The summed E-state index contributed by atoms with van der Waals surface area (Å²) >= 11 is 0. The van der Waals surface area contributed by atoms with Crippen LogP contribution in [0.5, 0.6) is 0 Å². The van der Waals surface area contributed by atoms with Crippen molar-refractivity contribution >= 4 is 90.7 Å². The van der Waals surface area contributed by atoms with E-state index < -0.39 is 48.4 Å². The van der Waals surface area contributed by atoms with E-state index >= 15 is 0 Å². The first-order valence-electron chi connectivity index (χ1n) is 16.3. The van der Waals surface area contributed by atoms with Gasteiger partial charge < -0.3 is 0 Å². The van der Waals surface area contributed by atoms with Gasteiger partial charge in [-0.3, -0.25) is 0 Å². The fraction of sp³-hybridized carbons (Fsp3) is 0.444. The van der Waals surface area contributed by atoms with Gasteiger partial charge in [-0.2, -0.15) is 0 Å². The van der Waals surface area contributed by atoms with E-state index in [1.807, 2.05) is 20.7 Å². The van der Waals surface area contributed by atoms with E-state index in [1.54, 1.807) is 10.8 Å². The van der Waals surface area contributed by atoms with Gasteiger partial charge in [0.2, 0.25) is 0 Å². The first-order chi connectivity index (χ1) is 19.2. The van der Waals surface area contributed by atoms with E-state index in [-0.39, 0.29) is 0 Å². The van der Waals surface area contributed by atoms with Crippen LogP contribution in [0.3, 0.4) is 0 Å². The van der Waals surface area contributed by atoms with Crippen LogP contribution in [0.4, 0.5) is 0 Å². The van der Waals surface area contributed by atoms with E-state index in [2.05, 4.69) is 151 Å². The molecule has 5 rings (SSSR count). The van der Waals surface area contributed by atoms with Gasteiger partial charge in [0.1, 0.15) is 16.1 Å². The average molecular weight is 657 g/mol. The largest absolute Gasteiger partial charge is 0.114 e. The van der Waals surface area contributed by atoms with Crippen LogP contribution < -0.4 is 20.7 Å². The summed E-state index contributed by atoms with van der Waals surface area (Å²) in [6, 6.07) is 30.2. The Morgan fingerprint density at radius 1 is 0.357 bits per heavy atom. The topological polar surface area (TPSA) is 0 Å². The fourth-order valence-corrected chi connectivity index (χ4v) is 52.9. The molecule has 0 unspecified atom stereocenters. The highest BCUT2D eigenvalue weighted by Gasteiger charge is 2.52.